The third-order valence-corrected chi connectivity index (χ3v) is 2.41. The van der Waals surface area contributed by atoms with Gasteiger partial charge in [-0.1, -0.05) is 0 Å². The predicted molar refractivity (Wildman–Crippen MR) is 78.8 cm³/mol. The summed E-state index contributed by atoms with van der Waals surface area (Å²) in [6.45, 7) is 6.97. The third kappa shape index (κ3) is 6.20. The summed E-state index contributed by atoms with van der Waals surface area (Å²) in [6.07, 6.45) is 3.19. The lowest BCUT2D eigenvalue weighted by molar-refractivity contribution is -0.158. The molecule has 0 radical (unpaired) electrons. The highest BCUT2D eigenvalue weighted by molar-refractivity contribution is 5.86. The molecule has 0 spiro atoms. The molecule has 0 aliphatic carbocycles. The Morgan fingerprint density at radius 3 is 2.43 bits per heavy atom. The van der Waals surface area contributed by atoms with Crippen LogP contribution in [0.4, 0.5) is 5.95 Å². The molecule has 1 aromatic rings. The van der Waals surface area contributed by atoms with Gasteiger partial charge in [0.05, 0.1) is 6.54 Å². The number of amides is 1. The van der Waals surface area contributed by atoms with E-state index in [0.29, 0.717) is 5.95 Å². The zero-order valence-corrected chi connectivity index (χ0v) is 13.1. The molecule has 0 saturated carbocycles. The van der Waals surface area contributed by atoms with Gasteiger partial charge in [0, 0.05) is 19.4 Å². The standard InChI is InChI=1S/C14H22N4O3/c1-10(12(20)21-14(2,3)4)17-11(19)9-18(5)13-15-7-6-8-16-13/h6-8,10H,9H2,1-5H3,(H,17,19)/t10-/m0/s1. The van der Waals surface area contributed by atoms with Crippen LogP contribution in [0.25, 0.3) is 0 Å². The van der Waals surface area contributed by atoms with Crippen LogP contribution in [0.1, 0.15) is 27.7 Å². The van der Waals surface area contributed by atoms with Gasteiger partial charge in [-0.25, -0.2) is 14.8 Å². The molecular weight excluding hydrogens is 272 g/mol. The molecule has 0 bridgehead atoms. The van der Waals surface area contributed by atoms with Crippen molar-refractivity contribution in [2.24, 2.45) is 0 Å². The summed E-state index contributed by atoms with van der Waals surface area (Å²) in [5, 5.41) is 2.59. The molecule has 1 N–H and O–H groups in total. The number of carbonyl (C=O) groups is 2. The number of nitrogens with zero attached hydrogens (tertiary/aromatic N) is 3. The Hall–Kier alpha value is -2.18. The van der Waals surface area contributed by atoms with Gasteiger partial charge in [0.2, 0.25) is 11.9 Å². The van der Waals surface area contributed by atoms with Crippen molar-refractivity contribution in [2.45, 2.75) is 39.3 Å². The van der Waals surface area contributed by atoms with E-state index in [4.69, 9.17) is 4.74 Å². The van der Waals surface area contributed by atoms with Gasteiger partial charge >= 0.3 is 5.97 Å². The fraction of sp³-hybridized carbons (Fsp3) is 0.571. The zero-order chi connectivity index (χ0) is 16.0. The maximum Gasteiger partial charge on any atom is 0.328 e. The minimum atomic E-state index is -0.707. The van der Waals surface area contributed by atoms with E-state index in [1.54, 1.807) is 58.1 Å². The second-order valence-electron chi connectivity index (χ2n) is 5.73. The molecule has 0 aliphatic rings. The van der Waals surface area contributed by atoms with E-state index in [9.17, 15) is 9.59 Å². The van der Waals surface area contributed by atoms with Crippen molar-refractivity contribution in [2.75, 3.05) is 18.5 Å². The first-order valence-corrected chi connectivity index (χ1v) is 6.69. The molecule has 0 unspecified atom stereocenters. The average molecular weight is 294 g/mol. The summed E-state index contributed by atoms with van der Waals surface area (Å²) in [5.74, 6) is -0.324. The molecule has 21 heavy (non-hydrogen) atoms. The van der Waals surface area contributed by atoms with Crippen LogP contribution in [0, 0.1) is 0 Å². The maximum absolute atomic E-state index is 11.9. The lowest BCUT2D eigenvalue weighted by Crippen LogP contribution is -2.45. The number of hydrogen-bond acceptors (Lipinski definition) is 6. The van der Waals surface area contributed by atoms with Crippen LogP contribution in [0.5, 0.6) is 0 Å². The minimum Gasteiger partial charge on any atom is -0.458 e. The van der Waals surface area contributed by atoms with Crippen LogP contribution in [-0.2, 0) is 14.3 Å². The first kappa shape index (κ1) is 16.9. The highest BCUT2D eigenvalue weighted by atomic mass is 16.6. The third-order valence-electron chi connectivity index (χ3n) is 2.41. The van der Waals surface area contributed by atoms with Crippen molar-refractivity contribution < 1.29 is 14.3 Å². The largest absolute Gasteiger partial charge is 0.458 e. The molecule has 7 heteroatoms. The fourth-order valence-corrected chi connectivity index (χ4v) is 1.51. The molecule has 1 amide bonds. The van der Waals surface area contributed by atoms with E-state index >= 15 is 0 Å². The van der Waals surface area contributed by atoms with Crippen LogP contribution < -0.4 is 10.2 Å². The number of ether oxygens (including phenoxy) is 1. The number of rotatable bonds is 5. The van der Waals surface area contributed by atoms with E-state index < -0.39 is 17.6 Å². The highest BCUT2D eigenvalue weighted by Crippen LogP contribution is 2.08. The average Bonchev–Trinajstić information content (AvgIpc) is 2.37. The van der Waals surface area contributed by atoms with E-state index in [0.717, 1.165) is 0 Å². The second-order valence-corrected chi connectivity index (χ2v) is 5.73. The number of esters is 1. The topological polar surface area (TPSA) is 84.4 Å². The van der Waals surface area contributed by atoms with Gasteiger partial charge in [-0.2, -0.15) is 0 Å². The summed E-state index contributed by atoms with van der Waals surface area (Å²) in [6, 6.07) is 0.990. The zero-order valence-electron chi connectivity index (χ0n) is 13.1. The van der Waals surface area contributed by atoms with Crippen LogP contribution >= 0.6 is 0 Å². The van der Waals surface area contributed by atoms with Gasteiger partial charge in [0.1, 0.15) is 11.6 Å². The van der Waals surface area contributed by atoms with E-state index in [1.165, 1.54) is 0 Å². The van der Waals surface area contributed by atoms with Gasteiger partial charge in [0.25, 0.3) is 0 Å². The molecule has 1 heterocycles. The lowest BCUT2D eigenvalue weighted by atomic mass is 10.2. The van der Waals surface area contributed by atoms with Crippen molar-refractivity contribution in [3.8, 4) is 0 Å². The number of nitrogens with one attached hydrogen (secondary N) is 1. The van der Waals surface area contributed by atoms with Crippen LogP contribution in [0.2, 0.25) is 0 Å². The van der Waals surface area contributed by atoms with Gasteiger partial charge in [0.15, 0.2) is 0 Å². The molecule has 116 valence electrons. The van der Waals surface area contributed by atoms with E-state index in [1.807, 2.05) is 0 Å². The molecule has 0 fully saturated rings. The fourth-order valence-electron chi connectivity index (χ4n) is 1.51. The quantitative estimate of drug-likeness (QED) is 0.807. The highest BCUT2D eigenvalue weighted by Gasteiger charge is 2.23. The summed E-state index contributed by atoms with van der Waals surface area (Å²) >= 11 is 0. The van der Waals surface area contributed by atoms with Crippen LogP contribution in [0.15, 0.2) is 18.5 Å². The molecule has 1 atom stereocenters. The molecule has 1 rings (SSSR count). The SMILES string of the molecule is C[C@H](NC(=O)CN(C)c1ncccn1)C(=O)OC(C)(C)C. The normalized spacial score (nSPS) is 12.4. The van der Waals surface area contributed by atoms with Crippen molar-refractivity contribution >= 4 is 17.8 Å². The number of aromatic nitrogens is 2. The molecule has 0 aliphatic heterocycles. The van der Waals surface area contributed by atoms with Gasteiger partial charge in [-0.3, -0.25) is 4.79 Å². The Bertz CT molecular complexity index is 485. The molecule has 1 aromatic heterocycles. The summed E-state index contributed by atoms with van der Waals surface area (Å²) in [7, 11) is 1.70. The van der Waals surface area contributed by atoms with Gasteiger partial charge in [-0.15, -0.1) is 0 Å². The number of anilines is 1. The van der Waals surface area contributed by atoms with Gasteiger partial charge in [-0.05, 0) is 33.8 Å². The summed E-state index contributed by atoms with van der Waals surface area (Å²) in [4.78, 5) is 33.3. The molecule has 7 nitrogen and oxygen atoms in total. The molecule has 0 aromatic carbocycles. The van der Waals surface area contributed by atoms with Crippen molar-refractivity contribution in [1.82, 2.24) is 15.3 Å². The Kier molecular flexibility index (Phi) is 5.63. The first-order valence-electron chi connectivity index (χ1n) is 6.69. The maximum atomic E-state index is 11.9. The summed E-state index contributed by atoms with van der Waals surface area (Å²) in [5.41, 5.74) is -0.579. The van der Waals surface area contributed by atoms with Crippen molar-refractivity contribution in [3.05, 3.63) is 18.5 Å². The number of hydrogen-bond donors (Lipinski definition) is 1. The summed E-state index contributed by atoms with van der Waals surface area (Å²) < 4.78 is 5.20. The Morgan fingerprint density at radius 1 is 1.33 bits per heavy atom. The van der Waals surface area contributed by atoms with Crippen molar-refractivity contribution in [3.63, 3.8) is 0 Å². The van der Waals surface area contributed by atoms with E-state index in [2.05, 4.69) is 15.3 Å². The van der Waals surface area contributed by atoms with Crippen molar-refractivity contribution in [1.29, 1.82) is 0 Å². The smallest absolute Gasteiger partial charge is 0.328 e. The van der Waals surface area contributed by atoms with E-state index in [-0.39, 0.29) is 12.5 Å². The molecular formula is C14H22N4O3. The number of likely N-dealkylation sites (N-methyl/N-ethyl adjacent to an activating group) is 1. The second kappa shape index (κ2) is 7.01. The lowest BCUT2D eigenvalue weighted by Gasteiger charge is -2.23. The van der Waals surface area contributed by atoms with Crippen LogP contribution in [0.3, 0.4) is 0 Å². The Balaban J connectivity index is 2.48. The Morgan fingerprint density at radius 2 is 1.90 bits per heavy atom. The van der Waals surface area contributed by atoms with Crippen LogP contribution in [-0.4, -0.2) is 47.1 Å². The van der Waals surface area contributed by atoms with Gasteiger partial charge < -0.3 is 15.0 Å². The first-order chi connectivity index (χ1) is 9.69. The Labute approximate surface area is 124 Å². The monoisotopic (exact) mass is 294 g/mol. The molecule has 0 saturated heterocycles. The predicted octanol–water partition coefficient (Wildman–Crippen LogP) is 0.759. The number of carbonyl (C=O) groups excluding carboxylic acids is 2. The minimum absolute atomic E-state index is 0.0527.